The summed E-state index contributed by atoms with van der Waals surface area (Å²) in [6.45, 7) is 5.29. The fourth-order valence-electron chi connectivity index (χ4n) is 2.54. The Labute approximate surface area is 113 Å². The number of ether oxygens (including phenoxy) is 1. The summed E-state index contributed by atoms with van der Waals surface area (Å²) in [6.07, 6.45) is 0. The van der Waals surface area contributed by atoms with Crippen molar-refractivity contribution in [2.24, 2.45) is 0 Å². The van der Waals surface area contributed by atoms with Crippen molar-refractivity contribution in [1.82, 2.24) is 0 Å². The molecule has 0 N–H and O–H groups in total. The van der Waals surface area contributed by atoms with E-state index in [1.165, 1.54) is 11.1 Å². The van der Waals surface area contributed by atoms with Gasteiger partial charge in [0.1, 0.15) is 0 Å². The number of hydrogen-bond acceptors (Lipinski definition) is 2. The van der Waals surface area contributed by atoms with Crippen LogP contribution in [0.3, 0.4) is 0 Å². The molecule has 0 bridgehead atoms. The first-order chi connectivity index (χ1) is 9.15. The Morgan fingerprint density at radius 2 is 1.79 bits per heavy atom. The van der Waals surface area contributed by atoms with Gasteiger partial charge in [0.25, 0.3) is 0 Å². The second kappa shape index (κ2) is 4.63. The molecular weight excluding hydrogens is 236 g/mol. The number of aryl methyl sites for hydroxylation is 2. The number of hydrogen-bond donors (Lipinski definition) is 0. The maximum Gasteiger partial charge on any atom is 0.193 e. The molecular formula is C17H16O2. The Bertz CT molecular complexity index is 656. The highest BCUT2D eigenvalue weighted by atomic mass is 16.5. The summed E-state index contributed by atoms with van der Waals surface area (Å²) in [7, 11) is 0. The van der Waals surface area contributed by atoms with Crippen molar-refractivity contribution >= 4 is 5.78 Å². The quantitative estimate of drug-likeness (QED) is 0.764. The molecule has 96 valence electrons. The van der Waals surface area contributed by atoms with Crippen LogP contribution in [0.5, 0.6) is 0 Å². The molecule has 0 fully saturated rings. The van der Waals surface area contributed by atoms with E-state index in [9.17, 15) is 4.79 Å². The van der Waals surface area contributed by atoms with Gasteiger partial charge in [0.05, 0.1) is 13.2 Å². The Morgan fingerprint density at radius 1 is 1.00 bits per heavy atom. The van der Waals surface area contributed by atoms with Crippen molar-refractivity contribution in [3.05, 3.63) is 69.8 Å². The van der Waals surface area contributed by atoms with Crippen molar-refractivity contribution in [3.8, 4) is 0 Å². The van der Waals surface area contributed by atoms with E-state index in [0.29, 0.717) is 13.2 Å². The number of rotatable bonds is 2. The molecule has 0 saturated carbocycles. The van der Waals surface area contributed by atoms with Crippen LogP contribution in [0.25, 0.3) is 0 Å². The summed E-state index contributed by atoms with van der Waals surface area (Å²) in [5, 5.41) is 0. The predicted octanol–water partition coefficient (Wildman–Crippen LogP) is 3.56. The normalized spacial score (nSPS) is 13.4. The van der Waals surface area contributed by atoms with E-state index in [2.05, 4.69) is 0 Å². The molecule has 0 amide bonds. The SMILES string of the molecule is Cc1ccc(C(=O)c2ccc3c(c2)COC3)c(C)c1. The third-order valence-corrected chi connectivity index (χ3v) is 3.61. The summed E-state index contributed by atoms with van der Waals surface area (Å²) in [4.78, 5) is 12.5. The third-order valence-electron chi connectivity index (χ3n) is 3.61. The highest BCUT2D eigenvalue weighted by Gasteiger charge is 2.16. The second-order valence-electron chi connectivity index (χ2n) is 5.12. The Kier molecular flexibility index (Phi) is 2.96. The van der Waals surface area contributed by atoms with Gasteiger partial charge in [-0.1, -0.05) is 35.9 Å². The maximum absolute atomic E-state index is 12.5. The number of carbonyl (C=O) groups excluding carboxylic acids is 1. The standard InChI is InChI=1S/C17H16O2/c1-11-3-6-16(12(2)7-11)17(18)13-4-5-14-9-19-10-15(14)8-13/h3-8H,9-10H2,1-2H3. The molecule has 0 saturated heterocycles. The Balaban J connectivity index is 2.00. The molecule has 0 unspecified atom stereocenters. The molecule has 0 aliphatic carbocycles. The van der Waals surface area contributed by atoms with Crippen LogP contribution < -0.4 is 0 Å². The van der Waals surface area contributed by atoms with Crippen LogP contribution in [0.2, 0.25) is 0 Å². The number of ketones is 1. The molecule has 0 radical (unpaired) electrons. The molecule has 1 aliphatic rings. The predicted molar refractivity (Wildman–Crippen MR) is 74.3 cm³/mol. The van der Waals surface area contributed by atoms with Crippen molar-refractivity contribution in [1.29, 1.82) is 0 Å². The molecule has 2 aromatic carbocycles. The lowest BCUT2D eigenvalue weighted by Crippen LogP contribution is -2.04. The summed E-state index contributed by atoms with van der Waals surface area (Å²) < 4.78 is 5.38. The minimum absolute atomic E-state index is 0.0900. The fraction of sp³-hybridized carbons (Fsp3) is 0.235. The molecule has 0 spiro atoms. The van der Waals surface area contributed by atoms with Gasteiger partial charge in [-0.25, -0.2) is 0 Å². The molecule has 2 aromatic rings. The molecule has 0 atom stereocenters. The smallest absolute Gasteiger partial charge is 0.193 e. The molecule has 2 heteroatoms. The molecule has 2 nitrogen and oxygen atoms in total. The first kappa shape index (κ1) is 12.1. The topological polar surface area (TPSA) is 26.3 Å². The molecule has 0 aromatic heterocycles. The second-order valence-corrected chi connectivity index (χ2v) is 5.12. The summed E-state index contributed by atoms with van der Waals surface area (Å²) in [6, 6.07) is 11.8. The van der Waals surface area contributed by atoms with Crippen LogP contribution in [0.1, 0.15) is 38.2 Å². The van der Waals surface area contributed by atoms with Crippen LogP contribution in [0.4, 0.5) is 0 Å². The van der Waals surface area contributed by atoms with E-state index in [4.69, 9.17) is 4.74 Å². The lowest BCUT2D eigenvalue weighted by Gasteiger charge is -2.07. The summed E-state index contributed by atoms with van der Waals surface area (Å²) >= 11 is 0. The Morgan fingerprint density at radius 3 is 2.58 bits per heavy atom. The van der Waals surface area contributed by atoms with Gasteiger partial charge in [-0.05, 0) is 36.6 Å². The van der Waals surface area contributed by atoms with E-state index in [0.717, 1.165) is 22.3 Å². The Hall–Kier alpha value is -1.93. The number of fused-ring (bicyclic) bond motifs is 1. The molecule has 3 rings (SSSR count). The van der Waals surface area contributed by atoms with E-state index >= 15 is 0 Å². The first-order valence-electron chi connectivity index (χ1n) is 6.46. The molecule has 1 aliphatic heterocycles. The average Bonchev–Trinajstić information content (AvgIpc) is 2.85. The largest absolute Gasteiger partial charge is 0.372 e. The van der Waals surface area contributed by atoms with E-state index in [1.807, 2.05) is 50.2 Å². The van der Waals surface area contributed by atoms with Crippen LogP contribution in [0.15, 0.2) is 36.4 Å². The minimum Gasteiger partial charge on any atom is -0.372 e. The van der Waals surface area contributed by atoms with Crippen molar-refractivity contribution < 1.29 is 9.53 Å². The lowest BCUT2D eigenvalue weighted by atomic mass is 9.95. The lowest BCUT2D eigenvalue weighted by molar-refractivity contribution is 0.103. The highest BCUT2D eigenvalue weighted by molar-refractivity contribution is 6.10. The van der Waals surface area contributed by atoms with Gasteiger partial charge in [-0.2, -0.15) is 0 Å². The number of benzene rings is 2. The van der Waals surface area contributed by atoms with Gasteiger partial charge in [0.15, 0.2) is 5.78 Å². The van der Waals surface area contributed by atoms with Gasteiger partial charge >= 0.3 is 0 Å². The van der Waals surface area contributed by atoms with Crippen LogP contribution in [-0.4, -0.2) is 5.78 Å². The van der Waals surface area contributed by atoms with E-state index < -0.39 is 0 Å². The van der Waals surface area contributed by atoms with E-state index in [-0.39, 0.29) is 5.78 Å². The van der Waals surface area contributed by atoms with Gasteiger partial charge in [-0.15, -0.1) is 0 Å². The van der Waals surface area contributed by atoms with Gasteiger partial charge in [0.2, 0.25) is 0 Å². The zero-order chi connectivity index (χ0) is 13.4. The summed E-state index contributed by atoms with van der Waals surface area (Å²) in [5.74, 6) is 0.0900. The van der Waals surface area contributed by atoms with Crippen LogP contribution >= 0.6 is 0 Å². The van der Waals surface area contributed by atoms with Crippen LogP contribution in [-0.2, 0) is 18.0 Å². The average molecular weight is 252 g/mol. The van der Waals surface area contributed by atoms with Gasteiger partial charge < -0.3 is 4.74 Å². The summed E-state index contributed by atoms with van der Waals surface area (Å²) in [5.41, 5.74) is 6.06. The van der Waals surface area contributed by atoms with Gasteiger partial charge in [-0.3, -0.25) is 4.79 Å². The molecule has 1 heterocycles. The van der Waals surface area contributed by atoms with Crippen LogP contribution in [0, 0.1) is 13.8 Å². The van der Waals surface area contributed by atoms with Crippen molar-refractivity contribution in [2.75, 3.05) is 0 Å². The monoisotopic (exact) mass is 252 g/mol. The number of carbonyl (C=O) groups is 1. The zero-order valence-corrected chi connectivity index (χ0v) is 11.2. The maximum atomic E-state index is 12.5. The molecule has 19 heavy (non-hydrogen) atoms. The van der Waals surface area contributed by atoms with Gasteiger partial charge in [0, 0.05) is 11.1 Å². The van der Waals surface area contributed by atoms with E-state index in [1.54, 1.807) is 0 Å². The van der Waals surface area contributed by atoms with Crippen molar-refractivity contribution in [2.45, 2.75) is 27.1 Å². The fourth-order valence-corrected chi connectivity index (χ4v) is 2.54. The first-order valence-corrected chi connectivity index (χ1v) is 6.46. The third kappa shape index (κ3) is 2.20. The highest BCUT2D eigenvalue weighted by Crippen LogP contribution is 2.23. The van der Waals surface area contributed by atoms with Crippen molar-refractivity contribution in [3.63, 3.8) is 0 Å². The zero-order valence-electron chi connectivity index (χ0n) is 11.2. The minimum atomic E-state index is 0.0900.